The van der Waals surface area contributed by atoms with Crippen LogP contribution < -0.4 is 5.32 Å². The van der Waals surface area contributed by atoms with Gasteiger partial charge in [0.05, 0.1) is 5.92 Å². The largest absolute Gasteiger partial charge is 0.339 e. The first-order chi connectivity index (χ1) is 13.6. The van der Waals surface area contributed by atoms with Gasteiger partial charge in [-0.3, -0.25) is 14.7 Å². The molecule has 1 aliphatic carbocycles. The van der Waals surface area contributed by atoms with Gasteiger partial charge in [-0.1, -0.05) is 31.9 Å². The fraction of sp³-hybridized carbons (Fsp3) is 0.476. The number of halogens is 1. The maximum absolute atomic E-state index is 13.3. The molecule has 7 heteroatoms. The summed E-state index contributed by atoms with van der Waals surface area (Å²) in [4.78, 5) is 27.1. The summed E-state index contributed by atoms with van der Waals surface area (Å²) in [6.45, 7) is 2.47. The Morgan fingerprint density at radius 1 is 1.29 bits per heavy atom. The number of aromatic nitrogens is 2. The van der Waals surface area contributed by atoms with Crippen LogP contribution in [0.2, 0.25) is 0 Å². The SMILES string of the molecule is CCc1[nH]nc(NC(=O)C2CC(=O)N(C3CCCC3)C2)c1-c1ccc(F)cc1. The second-order valence-corrected chi connectivity index (χ2v) is 7.66. The number of anilines is 1. The molecule has 0 spiro atoms. The van der Waals surface area contributed by atoms with Crippen LogP contribution >= 0.6 is 0 Å². The monoisotopic (exact) mass is 384 g/mol. The van der Waals surface area contributed by atoms with Crippen molar-refractivity contribution in [2.24, 2.45) is 5.92 Å². The molecule has 0 bridgehead atoms. The molecule has 1 unspecified atom stereocenters. The number of rotatable bonds is 5. The lowest BCUT2D eigenvalue weighted by molar-refractivity contribution is -0.129. The van der Waals surface area contributed by atoms with Gasteiger partial charge in [-0.15, -0.1) is 0 Å². The minimum absolute atomic E-state index is 0.0714. The first-order valence-corrected chi connectivity index (χ1v) is 10.00. The number of benzene rings is 1. The number of H-pyrrole nitrogens is 1. The van der Waals surface area contributed by atoms with E-state index in [9.17, 15) is 14.0 Å². The molecule has 1 saturated carbocycles. The Labute approximate surface area is 163 Å². The number of aromatic amines is 1. The molecule has 1 aliphatic heterocycles. The third-order valence-electron chi connectivity index (χ3n) is 5.86. The van der Waals surface area contributed by atoms with Crippen molar-refractivity contribution >= 4 is 17.6 Å². The summed E-state index contributed by atoms with van der Waals surface area (Å²) in [5.41, 5.74) is 2.43. The lowest BCUT2D eigenvalue weighted by atomic mass is 10.0. The quantitative estimate of drug-likeness (QED) is 0.828. The molecule has 148 valence electrons. The van der Waals surface area contributed by atoms with E-state index in [2.05, 4.69) is 15.5 Å². The molecule has 6 nitrogen and oxygen atoms in total. The van der Waals surface area contributed by atoms with Gasteiger partial charge in [0.15, 0.2) is 5.82 Å². The van der Waals surface area contributed by atoms with Gasteiger partial charge < -0.3 is 10.2 Å². The Hall–Kier alpha value is -2.70. The van der Waals surface area contributed by atoms with Crippen LogP contribution in [0.15, 0.2) is 24.3 Å². The molecule has 1 aromatic carbocycles. The summed E-state index contributed by atoms with van der Waals surface area (Å²) in [7, 11) is 0. The number of carbonyl (C=O) groups excluding carboxylic acids is 2. The number of likely N-dealkylation sites (tertiary alicyclic amines) is 1. The normalized spacial score (nSPS) is 20.1. The highest BCUT2D eigenvalue weighted by molar-refractivity contribution is 5.99. The van der Waals surface area contributed by atoms with Gasteiger partial charge in [-0.05, 0) is 37.0 Å². The van der Waals surface area contributed by atoms with E-state index in [1.807, 2.05) is 11.8 Å². The Balaban J connectivity index is 1.51. The lowest BCUT2D eigenvalue weighted by Gasteiger charge is -2.23. The van der Waals surface area contributed by atoms with Crippen molar-refractivity contribution in [3.8, 4) is 11.1 Å². The number of nitrogens with zero attached hydrogens (tertiary/aromatic N) is 2. The van der Waals surface area contributed by atoms with E-state index in [-0.39, 0.29) is 36.0 Å². The summed E-state index contributed by atoms with van der Waals surface area (Å²) in [6, 6.07) is 6.42. The number of hydrogen-bond acceptors (Lipinski definition) is 3. The second-order valence-electron chi connectivity index (χ2n) is 7.66. The van der Waals surface area contributed by atoms with E-state index in [4.69, 9.17) is 0 Å². The zero-order chi connectivity index (χ0) is 19.7. The fourth-order valence-corrected chi connectivity index (χ4v) is 4.35. The van der Waals surface area contributed by atoms with Gasteiger partial charge in [0.1, 0.15) is 5.82 Å². The maximum atomic E-state index is 13.3. The number of carbonyl (C=O) groups is 2. The summed E-state index contributed by atoms with van der Waals surface area (Å²) < 4.78 is 13.3. The summed E-state index contributed by atoms with van der Waals surface area (Å²) in [5.74, 6) is -0.364. The van der Waals surface area contributed by atoms with Crippen LogP contribution in [0.3, 0.4) is 0 Å². The number of hydrogen-bond donors (Lipinski definition) is 2. The van der Waals surface area contributed by atoms with E-state index < -0.39 is 0 Å². The van der Waals surface area contributed by atoms with Crippen LogP contribution in [0.4, 0.5) is 10.2 Å². The molecule has 4 rings (SSSR count). The molecule has 1 saturated heterocycles. The van der Waals surface area contributed by atoms with Crippen LogP contribution in [0.25, 0.3) is 11.1 Å². The average molecular weight is 384 g/mol. The van der Waals surface area contributed by atoms with E-state index >= 15 is 0 Å². The highest BCUT2D eigenvalue weighted by Gasteiger charge is 2.39. The summed E-state index contributed by atoms with van der Waals surface area (Å²) in [5, 5.41) is 10.1. The van der Waals surface area contributed by atoms with Crippen molar-refractivity contribution in [2.45, 2.75) is 51.5 Å². The molecule has 2 heterocycles. The predicted octanol–water partition coefficient (Wildman–Crippen LogP) is 3.51. The number of nitrogens with one attached hydrogen (secondary N) is 2. The standard InChI is InChI=1S/C21H25FN4O2/c1-2-17-19(13-7-9-15(22)10-8-13)20(25-24-17)23-21(28)14-11-18(27)26(12-14)16-5-3-4-6-16/h7-10,14,16H,2-6,11-12H2,1H3,(H2,23,24,25,28). The Morgan fingerprint density at radius 3 is 2.68 bits per heavy atom. The van der Waals surface area contributed by atoms with E-state index in [1.165, 1.54) is 12.1 Å². The van der Waals surface area contributed by atoms with E-state index in [0.29, 0.717) is 18.8 Å². The van der Waals surface area contributed by atoms with Crippen LogP contribution in [-0.4, -0.2) is 39.5 Å². The van der Waals surface area contributed by atoms with Gasteiger partial charge in [0.25, 0.3) is 0 Å². The second kappa shape index (κ2) is 7.73. The molecule has 2 aliphatic rings. The number of aryl methyl sites for hydroxylation is 1. The maximum Gasteiger partial charge on any atom is 0.231 e. The molecule has 2 fully saturated rings. The third-order valence-corrected chi connectivity index (χ3v) is 5.86. The zero-order valence-corrected chi connectivity index (χ0v) is 16.0. The minimum Gasteiger partial charge on any atom is -0.339 e. The van der Waals surface area contributed by atoms with E-state index in [0.717, 1.165) is 42.5 Å². The Kier molecular flexibility index (Phi) is 5.15. The van der Waals surface area contributed by atoms with Crippen molar-refractivity contribution in [3.63, 3.8) is 0 Å². The highest BCUT2D eigenvalue weighted by atomic mass is 19.1. The first kappa shape index (κ1) is 18.7. The average Bonchev–Trinajstić information content (AvgIpc) is 3.42. The molecule has 1 aromatic heterocycles. The van der Waals surface area contributed by atoms with Crippen molar-refractivity contribution in [2.75, 3.05) is 11.9 Å². The van der Waals surface area contributed by atoms with E-state index in [1.54, 1.807) is 12.1 Å². The zero-order valence-electron chi connectivity index (χ0n) is 16.0. The topological polar surface area (TPSA) is 78.1 Å². The van der Waals surface area contributed by atoms with Gasteiger partial charge >= 0.3 is 0 Å². The highest BCUT2D eigenvalue weighted by Crippen LogP contribution is 2.33. The summed E-state index contributed by atoms with van der Waals surface area (Å²) in [6.07, 6.45) is 5.33. The van der Waals surface area contributed by atoms with Crippen LogP contribution in [0.5, 0.6) is 0 Å². The van der Waals surface area contributed by atoms with Crippen LogP contribution in [0, 0.1) is 11.7 Å². The Bertz CT molecular complexity index is 871. The Morgan fingerprint density at radius 2 is 2.00 bits per heavy atom. The molecular weight excluding hydrogens is 359 g/mol. The summed E-state index contributed by atoms with van der Waals surface area (Å²) >= 11 is 0. The van der Waals surface area contributed by atoms with Crippen molar-refractivity contribution in [3.05, 3.63) is 35.8 Å². The van der Waals surface area contributed by atoms with Gasteiger partial charge in [0.2, 0.25) is 11.8 Å². The van der Waals surface area contributed by atoms with Gasteiger partial charge in [-0.2, -0.15) is 5.10 Å². The fourth-order valence-electron chi connectivity index (χ4n) is 4.35. The predicted molar refractivity (Wildman–Crippen MR) is 104 cm³/mol. The van der Waals surface area contributed by atoms with Crippen molar-refractivity contribution in [1.82, 2.24) is 15.1 Å². The van der Waals surface area contributed by atoms with Gasteiger partial charge in [0, 0.05) is 30.3 Å². The molecule has 0 radical (unpaired) electrons. The molecule has 2 amide bonds. The molecule has 28 heavy (non-hydrogen) atoms. The van der Waals surface area contributed by atoms with Crippen molar-refractivity contribution in [1.29, 1.82) is 0 Å². The molecule has 2 aromatic rings. The third kappa shape index (κ3) is 3.53. The lowest BCUT2D eigenvalue weighted by Crippen LogP contribution is -2.35. The van der Waals surface area contributed by atoms with Crippen LogP contribution in [0.1, 0.15) is 44.7 Å². The minimum atomic E-state index is -0.365. The van der Waals surface area contributed by atoms with Crippen LogP contribution in [-0.2, 0) is 16.0 Å². The van der Waals surface area contributed by atoms with Gasteiger partial charge in [-0.25, -0.2) is 4.39 Å². The van der Waals surface area contributed by atoms with Crippen molar-refractivity contribution < 1.29 is 14.0 Å². The smallest absolute Gasteiger partial charge is 0.231 e. The number of amides is 2. The first-order valence-electron chi connectivity index (χ1n) is 10.00. The molecule has 2 N–H and O–H groups in total. The molecular formula is C21H25FN4O2. The molecule has 1 atom stereocenters.